The van der Waals surface area contributed by atoms with Crippen LogP contribution in [0.4, 0.5) is 0 Å². The first kappa shape index (κ1) is 22.0. The molecular weight excluding hydrogens is 461 g/mol. The molecule has 1 aromatic rings. The maximum absolute atomic E-state index is 10.3. The summed E-state index contributed by atoms with van der Waals surface area (Å²) in [5.74, 6) is 1.72. The maximum atomic E-state index is 10.3. The first-order chi connectivity index (χ1) is 9.38. The van der Waals surface area contributed by atoms with Gasteiger partial charge in [-0.05, 0) is 30.9 Å². The topological polar surface area (TPSA) is 40.4 Å². The van der Waals surface area contributed by atoms with E-state index in [1.165, 1.54) is 19.3 Å². The molecule has 5 heteroatoms. The van der Waals surface area contributed by atoms with Crippen LogP contribution in [0.15, 0.2) is 24.3 Å². The molecule has 21 heavy (non-hydrogen) atoms. The number of piperidine rings is 1. The van der Waals surface area contributed by atoms with E-state index in [1.807, 2.05) is 30.6 Å². The zero-order valence-corrected chi connectivity index (χ0v) is 18.8. The van der Waals surface area contributed by atoms with Crippen molar-refractivity contribution in [1.82, 2.24) is 0 Å². The number of carbonyl (C=O) groups excluding carboxylic acids is 1. The summed E-state index contributed by atoms with van der Waals surface area (Å²) in [6, 6.07) is 7.68. The predicted octanol–water partition coefficient (Wildman–Crippen LogP) is 0.283. The minimum Gasteiger partial charge on any atom is -0.662 e. The fourth-order valence-electron chi connectivity index (χ4n) is 2.44. The molecule has 0 aromatic heterocycles. The van der Waals surface area contributed by atoms with E-state index >= 15 is 0 Å². The van der Waals surface area contributed by atoms with Crippen molar-refractivity contribution in [2.45, 2.75) is 32.1 Å². The Bertz CT molecular complexity index is 380. The molecule has 3 nitrogen and oxygen atoms in total. The summed E-state index contributed by atoms with van der Waals surface area (Å²) in [4.78, 5) is 10.3. The van der Waals surface area contributed by atoms with E-state index in [0.717, 1.165) is 43.3 Å². The molecule has 0 spiro atoms. The molecule has 0 amide bonds. The van der Waals surface area contributed by atoms with Crippen molar-refractivity contribution in [2.24, 2.45) is 5.92 Å². The molecule has 0 radical (unpaired) electrons. The smallest absolute Gasteiger partial charge is 0.662 e. The Hall–Kier alpha value is 0.975. The van der Waals surface area contributed by atoms with Gasteiger partial charge in [0.05, 0.1) is 6.61 Å². The van der Waals surface area contributed by atoms with Gasteiger partial charge in [-0.2, -0.15) is 0 Å². The third kappa shape index (κ3) is 9.00. The second-order valence-electron chi connectivity index (χ2n) is 5.07. The average Bonchev–Trinajstić information content (AvgIpc) is 2.47. The molecule has 1 saturated heterocycles. The monoisotopic (exact) mass is 482 g/mol. The summed E-state index contributed by atoms with van der Waals surface area (Å²) in [6.07, 6.45) is 7.09. The zero-order chi connectivity index (χ0) is 13.3. The van der Waals surface area contributed by atoms with E-state index in [4.69, 9.17) is 4.74 Å². The molecule has 1 aliphatic heterocycles. The largest absolute Gasteiger partial charge is 1.00 e. The number of benzene rings is 1. The van der Waals surface area contributed by atoms with E-state index in [0.29, 0.717) is 6.42 Å². The first-order valence-electron chi connectivity index (χ1n) is 7.08. The van der Waals surface area contributed by atoms with Crippen molar-refractivity contribution in [2.75, 3.05) is 19.7 Å². The molecule has 110 valence electrons. The Morgan fingerprint density at radius 1 is 1.19 bits per heavy atom. The standard InChI is InChI=1S/C16H21NO2.K.W/c18-12-9-15-3-5-16(6-4-15)19-13-1-2-14-7-10-17-11-8-14;;/h3-6,14H,1-2,7-11,13H2;;/q-2;+1;. The van der Waals surface area contributed by atoms with Gasteiger partial charge in [-0.15, -0.1) is 19.5 Å². The summed E-state index contributed by atoms with van der Waals surface area (Å²) in [6.45, 7) is 2.86. The van der Waals surface area contributed by atoms with Crippen molar-refractivity contribution in [3.8, 4) is 5.75 Å². The van der Waals surface area contributed by atoms with Crippen LogP contribution < -0.4 is 56.1 Å². The van der Waals surface area contributed by atoms with Gasteiger partial charge in [0.2, 0.25) is 0 Å². The first-order valence-corrected chi connectivity index (χ1v) is 7.08. The Morgan fingerprint density at radius 2 is 1.86 bits per heavy atom. The van der Waals surface area contributed by atoms with Crippen LogP contribution in [0.2, 0.25) is 0 Å². The normalized spacial score (nSPS) is 14.7. The molecule has 0 unspecified atom stereocenters. The summed E-state index contributed by atoms with van der Waals surface area (Å²) < 4.78 is 5.71. The van der Waals surface area contributed by atoms with E-state index < -0.39 is 0 Å². The molecule has 1 aromatic carbocycles. The molecular formula is C16H21KNO2W-. The number of ether oxygens (including phenoxy) is 1. The third-order valence-corrected chi connectivity index (χ3v) is 3.62. The van der Waals surface area contributed by atoms with Crippen molar-refractivity contribution < 1.29 is 82.0 Å². The van der Waals surface area contributed by atoms with Crippen LogP contribution in [0, 0.1) is 5.92 Å². The molecule has 1 aliphatic rings. The second kappa shape index (κ2) is 13.4. The Balaban J connectivity index is 0.00000200. The fourth-order valence-corrected chi connectivity index (χ4v) is 2.44. The minimum absolute atomic E-state index is 0. The SMILES string of the molecule is O=[C-]Cc1ccc(OCCCC2CC[N-]CC2)cc1.[K+].[W]. The van der Waals surface area contributed by atoms with Crippen molar-refractivity contribution in [3.63, 3.8) is 0 Å². The van der Waals surface area contributed by atoms with Crippen LogP contribution in [-0.4, -0.2) is 26.0 Å². The zero-order valence-electron chi connectivity index (χ0n) is 12.7. The van der Waals surface area contributed by atoms with Gasteiger partial charge in [-0.1, -0.05) is 30.5 Å². The van der Waals surface area contributed by atoms with Crippen LogP contribution in [-0.2, 0) is 32.3 Å². The van der Waals surface area contributed by atoms with Gasteiger partial charge in [0.25, 0.3) is 0 Å². The molecule has 0 atom stereocenters. The Labute approximate surface area is 184 Å². The summed E-state index contributed by atoms with van der Waals surface area (Å²) in [5.41, 5.74) is 0.980. The van der Waals surface area contributed by atoms with Gasteiger partial charge in [0.1, 0.15) is 5.75 Å². The number of hydrogen-bond acceptors (Lipinski definition) is 2. The molecule has 1 fully saturated rings. The van der Waals surface area contributed by atoms with Gasteiger partial charge in [0, 0.05) is 21.1 Å². The van der Waals surface area contributed by atoms with Gasteiger partial charge in [0.15, 0.2) is 0 Å². The van der Waals surface area contributed by atoms with Crippen LogP contribution in [0.1, 0.15) is 31.2 Å². The van der Waals surface area contributed by atoms with Gasteiger partial charge in [-0.25, -0.2) is 0 Å². The van der Waals surface area contributed by atoms with Crippen molar-refractivity contribution in [1.29, 1.82) is 0 Å². The van der Waals surface area contributed by atoms with Gasteiger partial charge in [-0.3, -0.25) is 6.29 Å². The van der Waals surface area contributed by atoms with E-state index in [2.05, 4.69) is 5.32 Å². The average molecular weight is 482 g/mol. The Morgan fingerprint density at radius 3 is 2.48 bits per heavy atom. The van der Waals surface area contributed by atoms with Crippen LogP contribution in [0.3, 0.4) is 0 Å². The van der Waals surface area contributed by atoms with E-state index in [1.54, 1.807) is 0 Å². The maximum Gasteiger partial charge on any atom is 1.00 e. The van der Waals surface area contributed by atoms with E-state index in [-0.39, 0.29) is 72.4 Å². The predicted molar refractivity (Wildman–Crippen MR) is 76.4 cm³/mol. The Kier molecular flexibility index (Phi) is 14.0. The summed E-state index contributed by atoms with van der Waals surface area (Å²) in [5, 5.41) is 4.37. The van der Waals surface area contributed by atoms with Crippen LogP contribution in [0.5, 0.6) is 5.75 Å². The number of hydrogen-bond donors (Lipinski definition) is 0. The summed E-state index contributed by atoms with van der Waals surface area (Å²) in [7, 11) is 0. The van der Waals surface area contributed by atoms with Crippen LogP contribution >= 0.6 is 0 Å². The van der Waals surface area contributed by atoms with Crippen molar-refractivity contribution >= 4 is 6.29 Å². The summed E-state index contributed by atoms with van der Waals surface area (Å²) >= 11 is 0. The fraction of sp³-hybridized carbons (Fsp3) is 0.562. The molecule has 0 bridgehead atoms. The minimum atomic E-state index is 0. The molecule has 0 aliphatic carbocycles. The van der Waals surface area contributed by atoms with Crippen LogP contribution in [0.25, 0.3) is 5.32 Å². The van der Waals surface area contributed by atoms with Crippen molar-refractivity contribution in [3.05, 3.63) is 35.1 Å². The molecule has 0 saturated carbocycles. The third-order valence-electron chi connectivity index (χ3n) is 3.62. The number of rotatable bonds is 7. The molecule has 2 rings (SSSR count). The number of nitrogens with zero attached hydrogens (tertiary/aromatic N) is 1. The van der Waals surface area contributed by atoms with Gasteiger partial charge < -0.3 is 14.8 Å². The van der Waals surface area contributed by atoms with Gasteiger partial charge >= 0.3 is 51.4 Å². The molecule has 0 N–H and O–H groups in total. The van der Waals surface area contributed by atoms with E-state index in [9.17, 15) is 4.79 Å². The second-order valence-corrected chi connectivity index (χ2v) is 5.07. The quantitative estimate of drug-likeness (QED) is 0.319. The molecule has 1 heterocycles.